The minimum atomic E-state index is 0.456. The Morgan fingerprint density at radius 3 is 2.43 bits per heavy atom. The molecule has 1 saturated heterocycles. The Kier molecular flexibility index (Phi) is 1.30. The Balaban J connectivity index is 2.06. The lowest BCUT2D eigenvalue weighted by Gasteiger charge is -2.41. The summed E-state index contributed by atoms with van der Waals surface area (Å²) in [6.07, 6.45) is 0.456. The summed E-state index contributed by atoms with van der Waals surface area (Å²) in [5.41, 5.74) is 0. The first-order valence-corrected chi connectivity index (χ1v) is 2.41. The van der Waals surface area contributed by atoms with E-state index in [0.717, 1.165) is 13.1 Å². The van der Waals surface area contributed by atoms with Gasteiger partial charge in [-0.2, -0.15) is 0 Å². The molecule has 7 heavy (non-hydrogen) atoms. The van der Waals surface area contributed by atoms with Gasteiger partial charge in [-0.15, -0.1) is 0 Å². The fourth-order valence-corrected chi connectivity index (χ4v) is 0.672. The van der Waals surface area contributed by atoms with Gasteiger partial charge in [0.1, 0.15) is 0 Å². The SMILES string of the molecule is [CH2-]N1CC(OC)C1. The quantitative estimate of drug-likeness (QED) is 0.433. The van der Waals surface area contributed by atoms with Crippen molar-refractivity contribution in [2.24, 2.45) is 0 Å². The molecule has 1 rings (SSSR count). The van der Waals surface area contributed by atoms with Gasteiger partial charge in [0, 0.05) is 7.11 Å². The van der Waals surface area contributed by atoms with E-state index < -0.39 is 0 Å². The van der Waals surface area contributed by atoms with Crippen LogP contribution in [0.4, 0.5) is 0 Å². The van der Waals surface area contributed by atoms with E-state index in [4.69, 9.17) is 4.74 Å². The predicted octanol–water partition coefficient (Wildman–Crippen LogP) is 0.109. The van der Waals surface area contributed by atoms with Gasteiger partial charge >= 0.3 is 0 Å². The first-order valence-electron chi connectivity index (χ1n) is 2.41. The molecule has 2 nitrogen and oxygen atoms in total. The molecule has 42 valence electrons. The normalized spacial score (nSPS) is 24.9. The Morgan fingerprint density at radius 2 is 2.29 bits per heavy atom. The monoisotopic (exact) mass is 100 g/mol. The van der Waals surface area contributed by atoms with Crippen LogP contribution in [0.3, 0.4) is 0 Å². The summed E-state index contributed by atoms with van der Waals surface area (Å²) in [6, 6.07) is 0. The highest BCUT2D eigenvalue weighted by atomic mass is 16.5. The maximum absolute atomic E-state index is 4.97. The van der Waals surface area contributed by atoms with Gasteiger partial charge in [0.05, 0.1) is 6.10 Å². The van der Waals surface area contributed by atoms with Crippen LogP contribution in [-0.2, 0) is 4.74 Å². The molecule has 0 aromatic heterocycles. The first kappa shape index (κ1) is 5.06. The fourth-order valence-electron chi connectivity index (χ4n) is 0.672. The summed E-state index contributed by atoms with van der Waals surface area (Å²) in [7, 11) is 5.43. The van der Waals surface area contributed by atoms with Crippen molar-refractivity contribution in [3.63, 3.8) is 0 Å². The molecule has 1 aliphatic rings. The van der Waals surface area contributed by atoms with Crippen molar-refractivity contribution in [1.29, 1.82) is 0 Å². The van der Waals surface area contributed by atoms with Crippen molar-refractivity contribution in [3.05, 3.63) is 7.05 Å². The second kappa shape index (κ2) is 1.80. The third-order valence-electron chi connectivity index (χ3n) is 1.26. The first-order chi connectivity index (χ1) is 3.33. The molecule has 0 spiro atoms. The highest BCUT2D eigenvalue weighted by Crippen LogP contribution is 2.06. The van der Waals surface area contributed by atoms with E-state index in [2.05, 4.69) is 7.05 Å². The van der Waals surface area contributed by atoms with E-state index in [1.165, 1.54) is 0 Å². The van der Waals surface area contributed by atoms with Crippen LogP contribution >= 0.6 is 0 Å². The number of rotatable bonds is 1. The van der Waals surface area contributed by atoms with Crippen molar-refractivity contribution < 1.29 is 4.74 Å². The van der Waals surface area contributed by atoms with Crippen LogP contribution in [0.25, 0.3) is 0 Å². The van der Waals surface area contributed by atoms with Crippen LogP contribution in [0, 0.1) is 7.05 Å². The molecule has 0 atom stereocenters. The summed E-state index contributed by atoms with van der Waals surface area (Å²) in [5.74, 6) is 0. The molecule has 0 aliphatic carbocycles. The summed E-state index contributed by atoms with van der Waals surface area (Å²) < 4.78 is 4.97. The largest absolute Gasteiger partial charge is 0.455 e. The second-order valence-electron chi connectivity index (χ2n) is 1.89. The van der Waals surface area contributed by atoms with Crippen molar-refractivity contribution >= 4 is 0 Å². The number of ether oxygens (including phenoxy) is 1. The lowest BCUT2D eigenvalue weighted by molar-refractivity contribution is -0.00644. The maximum atomic E-state index is 4.97. The molecule has 0 bridgehead atoms. The lowest BCUT2D eigenvalue weighted by atomic mass is 10.2. The maximum Gasteiger partial charge on any atom is 0.0776 e. The molecule has 2 heteroatoms. The van der Waals surface area contributed by atoms with Gasteiger partial charge in [-0.25, -0.2) is 0 Å². The van der Waals surface area contributed by atoms with E-state index in [1.54, 1.807) is 7.11 Å². The van der Waals surface area contributed by atoms with Crippen LogP contribution in [0.2, 0.25) is 0 Å². The van der Waals surface area contributed by atoms with Gasteiger partial charge in [0.25, 0.3) is 0 Å². The molecule has 0 N–H and O–H groups in total. The third-order valence-corrected chi connectivity index (χ3v) is 1.26. The number of likely N-dealkylation sites (tertiary alicyclic amines) is 1. The van der Waals surface area contributed by atoms with Gasteiger partial charge < -0.3 is 9.64 Å². The third kappa shape index (κ3) is 0.924. The van der Waals surface area contributed by atoms with Crippen LogP contribution in [0.5, 0.6) is 0 Å². The molecule has 0 aromatic rings. The van der Waals surface area contributed by atoms with Crippen molar-refractivity contribution in [2.45, 2.75) is 6.10 Å². The molecular weight excluding hydrogens is 90.1 g/mol. The van der Waals surface area contributed by atoms with Crippen molar-refractivity contribution in [3.8, 4) is 0 Å². The molecule has 0 radical (unpaired) electrons. The van der Waals surface area contributed by atoms with Gasteiger partial charge in [-0.1, -0.05) is 0 Å². The predicted molar refractivity (Wildman–Crippen MR) is 27.7 cm³/mol. The number of methoxy groups -OCH3 is 1. The summed E-state index contributed by atoms with van der Waals surface area (Å²) in [5, 5.41) is 0. The molecule has 0 amide bonds. The van der Waals surface area contributed by atoms with Gasteiger partial charge in [-0.05, 0) is 13.1 Å². The highest BCUT2D eigenvalue weighted by molar-refractivity contribution is 4.78. The van der Waals surface area contributed by atoms with E-state index in [9.17, 15) is 0 Å². The van der Waals surface area contributed by atoms with E-state index in [1.807, 2.05) is 4.90 Å². The van der Waals surface area contributed by atoms with Gasteiger partial charge in [-0.3, -0.25) is 7.05 Å². The molecular formula is C5H10NO-. The van der Waals surface area contributed by atoms with E-state index in [-0.39, 0.29) is 0 Å². The fraction of sp³-hybridized carbons (Fsp3) is 0.800. The average molecular weight is 100 g/mol. The highest BCUT2D eigenvalue weighted by Gasteiger charge is 2.16. The lowest BCUT2D eigenvalue weighted by Crippen LogP contribution is -2.47. The Bertz CT molecular complexity index is 59.1. The molecule has 1 fully saturated rings. The van der Waals surface area contributed by atoms with E-state index >= 15 is 0 Å². The standard InChI is InChI=1S/C5H10NO/c1-6-3-5(4-6)7-2/h5H,1,3-4H2,2H3/q-1. The van der Waals surface area contributed by atoms with Crippen LogP contribution in [0.15, 0.2) is 0 Å². The van der Waals surface area contributed by atoms with Crippen molar-refractivity contribution in [2.75, 3.05) is 20.2 Å². The van der Waals surface area contributed by atoms with Gasteiger partial charge in [0.15, 0.2) is 0 Å². The summed E-state index contributed by atoms with van der Waals surface area (Å²) in [6.45, 7) is 1.99. The average Bonchev–Trinajstić information content (AvgIpc) is 1.58. The van der Waals surface area contributed by atoms with Crippen LogP contribution in [-0.4, -0.2) is 31.2 Å². The zero-order chi connectivity index (χ0) is 5.28. The number of hydrogen-bond donors (Lipinski definition) is 0. The number of nitrogens with zero attached hydrogens (tertiary/aromatic N) is 1. The van der Waals surface area contributed by atoms with Crippen molar-refractivity contribution in [1.82, 2.24) is 4.90 Å². The zero-order valence-corrected chi connectivity index (χ0v) is 4.55. The minimum Gasteiger partial charge on any atom is -0.455 e. The van der Waals surface area contributed by atoms with E-state index in [0.29, 0.717) is 6.10 Å². The zero-order valence-electron chi connectivity index (χ0n) is 4.55. The molecule has 1 heterocycles. The molecule has 0 aromatic carbocycles. The van der Waals surface area contributed by atoms with Crippen LogP contribution in [0.1, 0.15) is 0 Å². The minimum absolute atomic E-state index is 0.456. The summed E-state index contributed by atoms with van der Waals surface area (Å²) >= 11 is 0. The Hall–Kier alpha value is -0.0800. The smallest absolute Gasteiger partial charge is 0.0776 e. The summed E-state index contributed by atoms with van der Waals surface area (Å²) in [4.78, 5) is 1.98. The van der Waals surface area contributed by atoms with Crippen LogP contribution < -0.4 is 0 Å². The molecule has 0 saturated carbocycles. The van der Waals surface area contributed by atoms with Gasteiger partial charge in [0.2, 0.25) is 0 Å². The molecule has 1 aliphatic heterocycles. The Labute approximate surface area is 44.1 Å². The topological polar surface area (TPSA) is 12.5 Å². The Morgan fingerprint density at radius 1 is 1.71 bits per heavy atom. The second-order valence-corrected chi connectivity index (χ2v) is 1.89. The number of hydrogen-bond acceptors (Lipinski definition) is 2. The molecule has 0 unspecified atom stereocenters.